The molecule has 0 bridgehead atoms. The molecule has 0 atom stereocenters. The van der Waals surface area contributed by atoms with Crippen molar-refractivity contribution in [2.45, 2.75) is 26.6 Å². The Balaban J connectivity index is 1.44. The number of hydrogen-bond donors (Lipinski definition) is 3. The lowest BCUT2D eigenvalue weighted by molar-refractivity contribution is 0.0949. The van der Waals surface area contributed by atoms with E-state index in [2.05, 4.69) is 20.3 Å². The zero-order valence-corrected chi connectivity index (χ0v) is 18.0. The predicted octanol–water partition coefficient (Wildman–Crippen LogP) is 2.72. The Kier molecular flexibility index (Phi) is 6.30. The average molecular weight is 446 g/mol. The SMILES string of the molecule is CC(N)=NCc1ccc(Cn2cc(C(=O)NCc3cc4cc[nH]c4cc3F)ccc2=O)cn1. The van der Waals surface area contributed by atoms with Gasteiger partial charge < -0.3 is 20.6 Å². The van der Waals surface area contributed by atoms with E-state index in [1.54, 1.807) is 25.4 Å². The number of rotatable bonds is 7. The van der Waals surface area contributed by atoms with Gasteiger partial charge in [-0.1, -0.05) is 6.07 Å². The van der Waals surface area contributed by atoms with Crippen LogP contribution < -0.4 is 16.6 Å². The summed E-state index contributed by atoms with van der Waals surface area (Å²) >= 11 is 0. The van der Waals surface area contributed by atoms with Crippen LogP contribution in [0.1, 0.15) is 34.1 Å². The van der Waals surface area contributed by atoms with Gasteiger partial charge in [-0.15, -0.1) is 0 Å². The Morgan fingerprint density at radius 2 is 2.09 bits per heavy atom. The number of aromatic nitrogens is 3. The second kappa shape index (κ2) is 9.47. The quantitative estimate of drug-likeness (QED) is 0.299. The topological polar surface area (TPSA) is 118 Å². The maximum atomic E-state index is 14.3. The van der Waals surface area contributed by atoms with Gasteiger partial charge in [0, 0.05) is 42.3 Å². The molecular formula is C24H23FN6O2. The molecule has 3 heterocycles. The lowest BCUT2D eigenvalue weighted by atomic mass is 10.1. The number of nitrogens with one attached hydrogen (secondary N) is 2. The smallest absolute Gasteiger partial charge is 0.253 e. The van der Waals surface area contributed by atoms with E-state index in [1.165, 1.54) is 29.0 Å². The Hall–Kier alpha value is -4.27. The number of H-pyrrole nitrogens is 1. The number of amidine groups is 1. The number of fused-ring (bicyclic) bond motifs is 1. The van der Waals surface area contributed by atoms with E-state index in [0.29, 0.717) is 29.0 Å². The number of benzene rings is 1. The Bertz CT molecular complexity index is 1380. The molecular weight excluding hydrogens is 423 g/mol. The molecule has 0 fully saturated rings. The summed E-state index contributed by atoms with van der Waals surface area (Å²) in [7, 11) is 0. The van der Waals surface area contributed by atoms with Gasteiger partial charge >= 0.3 is 0 Å². The molecule has 0 aliphatic heterocycles. The van der Waals surface area contributed by atoms with Crippen molar-refractivity contribution >= 4 is 22.6 Å². The highest BCUT2D eigenvalue weighted by Gasteiger charge is 2.11. The number of aliphatic imine (C=N–C) groups is 1. The van der Waals surface area contributed by atoms with Gasteiger partial charge in [0.2, 0.25) is 0 Å². The van der Waals surface area contributed by atoms with Crippen LogP contribution in [0.15, 0.2) is 70.8 Å². The minimum Gasteiger partial charge on any atom is -0.388 e. The Labute approximate surface area is 189 Å². The first kappa shape index (κ1) is 21.9. The summed E-state index contributed by atoms with van der Waals surface area (Å²) < 4.78 is 15.7. The standard InChI is InChI=1S/C24H23FN6O2/c1-15(26)28-12-20-4-2-16(10-29-20)13-31-14-18(3-5-23(31)32)24(33)30-11-19-8-17-6-7-27-22(17)9-21(19)25/h2-10,14,27H,11-13H2,1H3,(H2,26,28)(H,30,33). The third kappa shape index (κ3) is 5.32. The van der Waals surface area contributed by atoms with Gasteiger partial charge in [0.25, 0.3) is 11.5 Å². The van der Waals surface area contributed by atoms with Crippen LogP contribution in [-0.2, 0) is 19.6 Å². The van der Waals surface area contributed by atoms with Crippen molar-refractivity contribution < 1.29 is 9.18 Å². The monoisotopic (exact) mass is 446 g/mol. The molecule has 0 aliphatic rings. The zero-order chi connectivity index (χ0) is 23.4. The molecule has 9 heteroatoms. The largest absolute Gasteiger partial charge is 0.388 e. The van der Waals surface area contributed by atoms with Crippen molar-refractivity contribution in [2.24, 2.45) is 10.7 Å². The van der Waals surface area contributed by atoms with Gasteiger partial charge in [0.15, 0.2) is 0 Å². The summed E-state index contributed by atoms with van der Waals surface area (Å²) in [6, 6.07) is 11.4. The van der Waals surface area contributed by atoms with Gasteiger partial charge in [0.1, 0.15) is 5.82 Å². The van der Waals surface area contributed by atoms with Gasteiger partial charge in [-0.2, -0.15) is 0 Å². The fraction of sp³-hybridized carbons (Fsp3) is 0.167. The first-order chi connectivity index (χ1) is 15.9. The van der Waals surface area contributed by atoms with Crippen LogP contribution in [0.25, 0.3) is 10.9 Å². The van der Waals surface area contributed by atoms with Crippen molar-refractivity contribution in [2.75, 3.05) is 0 Å². The van der Waals surface area contributed by atoms with E-state index >= 15 is 0 Å². The number of nitrogens with zero attached hydrogens (tertiary/aromatic N) is 3. The number of carbonyl (C=O) groups excluding carboxylic acids is 1. The number of pyridine rings is 2. The van der Waals surface area contributed by atoms with Crippen molar-refractivity contribution in [3.8, 4) is 0 Å². The summed E-state index contributed by atoms with van der Waals surface area (Å²) in [5, 5.41) is 3.57. The minimum absolute atomic E-state index is 0.0288. The molecule has 8 nitrogen and oxygen atoms in total. The molecule has 0 aliphatic carbocycles. The van der Waals surface area contributed by atoms with Crippen LogP contribution in [0.5, 0.6) is 0 Å². The number of aromatic amines is 1. The number of nitrogens with two attached hydrogens (primary N) is 1. The summed E-state index contributed by atoms with van der Waals surface area (Å²) in [6.07, 6.45) is 4.88. The van der Waals surface area contributed by atoms with E-state index < -0.39 is 11.7 Å². The summed E-state index contributed by atoms with van der Waals surface area (Å²) in [4.78, 5) is 36.3. The van der Waals surface area contributed by atoms with E-state index in [9.17, 15) is 14.0 Å². The predicted molar refractivity (Wildman–Crippen MR) is 124 cm³/mol. The van der Waals surface area contributed by atoms with Crippen molar-refractivity contribution in [1.29, 1.82) is 0 Å². The molecule has 0 radical (unpaired) electrons. The van der Waals surface area contributed by atoms with Gasteiger partial charge in [0.05, 0.1) is 30.2 Å². The van der Waals surface area contributed by atoms with Gasteiger partial charge in [-0.3, -0.25) is 19.6 Å². The first-order valence-corrected chi connectivity index (χ1v) is 10.3. The van der Waals surface area contributed by atoms with Crippen LogP contribution in [-0.4, -0.2) is 26.3 Å². The van der Waals surface area contributed by atoms with Crippen LogP contribution in [0.4, 0.5) is 4.39 Å². The van der Waals surface area contributed by atoms with E-state index in [1.807, 2.05) is 18.2 Å². The molecule has 33 heavy (non-hydrogen) atoms. The summed E-state index contributed by atoms with van der Waals surface area (Å²) in [5.41, 5.74) is 8.22. The van der Waals surface area contributed by atoms with Crippen LogP contribution in [0, 0.1) is 5.82 Å². The Morgan fingerprint density at radius 3 is 2.85 bits per heavy atom. The maximum Gasteiger partial charge on any atom is 0.253 e. The highest BCUT2D eigenvalue weighted by atomic mass is 19.1. The first-order valence-electron chi connectivity index (χ1n) is 10.3. The fourth-order valence-electron chi connectivity index (χ4n) is 3.37. The molecule has 0 unspecified atom stereocenters. The molecule has 4 rings (SSSR count). The van der Waals surface area contributed by atoms with Crippen LogP contribution in [0.3, 0.4) is 0 Å². The lowest BCUT2D eigenvalue weighted by Gasteiger charge is -2.10. The number of hydrogen-bond acceptors (Lipinski definition) is 4. The molecule has 4 N–H and O–H groups in total. The van der Waals surface area contributed by atoms with Crippen LogP contribution >= 0.6 is 0 Å². The van der Waals surface area contributed by atoms with E-state index in [-0.39, 0.29) is 18.6 Å². The van der Waals surface area contributed by atoms with E-state index in [4.69, 9.17) is 5.73 Å². The average Bonchev–Trinajstić information content (AvgIpc) is 3.25. The normalized spacial score (nSPS) is 11.6. The summed E-state index contributed by atoms with van der Waals surface area (Å²) in [6.45, 7) is 2.38. The van der Waals surface area contributed by atoms with Crippen molar-refractivity contribution in [3.05, 3.63) is 99.6 Å². The third-order valence-electron chi connectivity index (χ3n) is 5.13. The Morgan fingerprint density at radius 1 is 1.24 bits per heavy atom. The molecule has 0 saturated carbocycles. The van der Waals surface area contributed by atoms with E-state index in [0.717, 1.165) is 16.6 Å². The van der Waals surface area contributed by atoms with Crippen molar-refractivity contribution in [3.63, 3.8) is 0 Å². The third-order valence-corrected chi connectivity index (χ3v) is 5.13. The number of halogens is 1. The zero-order valence-electron chi connectivity index (χ0n) is 18.0. The highest BCUT2D eigenvalue weighted by molar-refractivity contribution is 5.93. The molecule has 1 amide bonds. The second-order valence-corrected chi connectivity index (χ2v) is 7.69. The van der Waals surface area contributed by atoms with Gasteiger partial charge in [-0.25, -0.2) is 4.39 Å². The molecule has 168 valence electrons. The number of amides is 1. The summed E-state index contributed by atoms with van der Waals surface area (Å²) in [5.74, 6) is -0.324. The highest BCUT2D eigenvalue weighted by Crippen LogP contribution is 2.18. The number of carbonyl (C=O) groups is 1. The fourth-order valence-corrected chi connectivity index (χ4v) is 3.37. The second-order valence-electron chi connectivity index (χ2n) is 7.69. The molecule has 0 spiro atoms. The van der Waals surface area contributed by atoms with Crippen LogP contribution in [0.2, 0.25) is 0 Å². The van der Waals surface area contributed by atoms with Crippen molar-refractivity contribution in [1.82, 2.24) is 19.9 Å². The molecule has 1 aromatic carbocycles. The molecule has 4 aromatic rings. The maximum absolute atomic E-state index is 14.3. The lowest BCUT2D eigenvalue weighted by Crippen LogP contribution is -2.27. The minimum atomic E-state index is -0.404. The molecule has 3 aromatic heterocycles. The van der Waals surface area contributed by atoms with Gasteiger partial charge in [-0.05, 0) is 48.2 Å². The molecule has 0 saturated heterocycles.